The zero-order chi connectivity index (χ0) is 30.0. The topological polar surface area (TPSA) is 142 Å². The Hall–Kier alpha value is -3.95. The summed E-state index contributed by atoms with van der Waals surface area (Å²) in [5.41, 5.74) is 8.68. The average Bonchev–Trinajstić information content (AvgIpc) is 3.35. The third-order valence-electron chi connectivity index (χ3n) is 5.90. The fraction of sp³-hybridized carbons (Fsp3) is 0.500. The van der Waals surface area contributed by atoms with E-state index in [-0.39, 0.29) is 41.5 Å². The SMILES string of the molecule is Cc1cc(CC(=O)Cc2cc(CC(C)(C)C)no2)ccc1-c1nn(C(C)C)c(NC(=O)OC(C)(C)C)c1C(N)=O. The summed E-state index contributed by atoms with van der Waals surface area (Å²) in [6.07, 6.45) is 0.416. The van der Waals surface area contributed by atoms with Crippen LogP contribution in [0.15, 0.2) is 28.8 Å². The number of nitrogens with two attached hydrogens (primary N) is 1. The molecule has 10 nitrogen and oxygen atoms in total. The van der Waals surface area contributed by atoms with Gasteiger partial charge in [-0.25, -0.2) is 9.48 Å². The van der Waals surface area contributed by atoms with Crippen LogP contribution >= 0.6 is 0 Å². The van der Waals surface area contributed by atoms with Gasteiger partial charge in [0.05, 0.1) is 12.1 Å². The second-order valence-corrected chi connectivity index (χ2v) is 12.7. The van der Waals surface area contributed by atoms with E-state index in [1.165, 1.54) is 0 Å². The Labute approximate surface area is 235 Å². The number of amides is 2. The third kappa shape index (κ3) is 8.03. The molecule has 0 fully saturated rings. The monoisotopic (exact) mass is 551 g/mol. The van der Waals surface area contributed by atoms with Crippen LogP contribution < -0.4 is 11.1 Å². The molecule has 3 aromatic rings. The number of aromatic nitrogens is 3. The van der Waals surface area contributed by atoms with Crippen LogP contribution in [0.2, 0.25) is 0 Å². The number of nitrogens with zero attached hydrogens (tertiary/aromatic N) is 3. The van der Waals surface area contributed by atoms with E-state index in [0.29, 0.717) is 17.0 Å². The van der Waals surface area contributed by atoms with Crippen LogP contribution in [0.5, 0.6) is 0 Å². The highest BCUT2D eigenvalue weighted by Crippen LogP contribution is 2.33. The van der Waals surface area contributed by atoms with Crippen molar-refractivity contribution >= 4 is 23.6 Å². The molecular weight excluding hydrogens is 510 g/mol. The standard InChI is InChI=1S/C30H41N5O5/c1-17(2)35-27(32-28(38)39-30(7,8)9)24(26(31)37)25(33-35)23-11-10-19(12-18(23)3)13-21(36)15-22-14-20(34-40-22)16-29(4,5)6/h10-12,14,17H,13,15-16H2,1-9H3,(H2,31,37)(H,32,38). The van der Waals surface area contributed by atoms with Crippen LogP contribution in [-0.2, 0) is 28.8 Å². The lowest BCUT2D eigenvalue weighted by Crippen LogP contribution is -2.29. The molecule has 0 radical (unpaired) electrons. The van der Waals surface area contributed by atoms with Gasteiger partial charge in [0.25, 0.3) is 5.91 Å². The second kappa shape index (κ2) is 11.7. The molecule has 0 unspecified atom stereocenters. The number of benzene rings is 1. The van der Waals surface area contributed by atoms with Gasteiger partial charge in [-0.05, 0) is 64.5 Å². The summed E-state index contributed by atoms with van der Waals surface area (Å²) >= 11 is 0. The Bertz CT molecular complexity index is 1400. The minimum absolute atomic E-state index is 0.00336. The number of hydrogen-bond acceptors (Lipinski definition) is 7. The number of anilines is 1. The number of rotatable bonds is 9. The molecular formula is C30H41N5O5. The number of primary amides is 1. The maximum absolute atomic E-state index is 12.8. The maximum atomic E-state index is 12.8. The molecule has 2 amide bonds. The van der Waals surface area contributed by atoms with Gasteiger partial charge in [-0.3, -0.25) is 14.9 Å². The molecule has 1 aromatic carbocycles. The molecule has 0 spiro atoms. The summed E-state index contributed by atoms with van der Waals surface area (Å²) < 4.78 is 12.3. The van der Waals surface area contributed by atoms with Crippen molar-refractivity contribution < 1.29 is 23.6 Å². The number of carbonyl (C=O) groups excluding carboxylic acids is 3. The van der Waals surface area contributed by atoms with E-state index < -0.39 is 17.6 Å². The lowest BCUT2D eigenvalue weighted by molar-refractivity contribution is -0.118. The molecule has 0 aliphatic carbocycles. The molecule has 2 heterocycles. The Balaban J connectivity index is 1.85. The molecule has 0 atom stereocenters. The van der Waals surface area contributed by atoms with Crippen LogP contribution in [0.4, 0.5) is 10.6 Å². The normalized spacial score (nSPS) is 12.1. The highest BCUT2D eigenvalue weighted by atomic mass is 16.6. The molecule has 0 saturated carbocycles. The lowest BCUT2D eigenvalue weighted by atomic mass is 9.90. The summed E-state index contributed by atoms with van der Waals surface area (Å²) in [6.45, 7) is 17.2. The first-order chi connectivity index (χ1) is 18.4. The van der Waals surface area contributed by atoms with Crippen molar-refractivity contribution in [2.24, 2.45) is 11.1 Å². The van der Waals surface area contributed by atoms with Crippen molar-refractivity contribution in [3.63, 3.8) is 0 Å². The van der Waals surface area contributed by atoms with E-state index in [1.807, 2.05) is 45.0 Å². The van der Waals surface area contributed by atoms with Crippen LogP contribution in [-0.4, -0.2) is 38.3 Å². The Kier molecular flexibility index (Phi) is 8.91. The quantitative estimate of drug-likeness (QED) is 0.341. The first kappa shape index (κ1) is 30.6. The number of carbonyl (C=O) groups is 3. The van der Waals surface area contributed by atoms with Crippen molar-refractivity contribution in [1.82, 2.24) is 14.9 Å². The maximum Gasteiger partial charge on any atom is 0.413 e. The van der Waals surface area contributed by atoms with Crippen LogP contribution in [0, 0.1) is 12.3 Å². The van der Waals surface area contributed by atoms with Gasteiger partial charge in [-0.1, -0.05) is 44.1 Å². The largest absolute Gasteiger partial charge is 0.444 e. The average molecular weight is 552 g/mol. The highest BCUT2D eigenvalue weighted by molar-refractivity contribution is 6.06. The Morgan fingerprint density at radius 3 is 2.30 bits per heavy atom. The number of ether oxygens (including phenoxy) is 1. The van der Waals surface area contributed by atoms with Gasteiger partial charge in [0.1, 0.15) is 34.2 Å². The molecule has 3 N–H and O–H groups in total. The number of Topliss-reactive ketones (excluding diaryl/α,β-unsaturated/α-hetero) is 1. The minimum Gasteiger partial charge on any atom is -0.444 e. The summed E-state index contributed by atoms with van der Waals surface area (Å²) in [4.78, 5) is 38.0. The van der Waals surface area contributed by atoms with Crippen molar-refractivity contribution in [2.75, 3.05) is 5.32 Å². The van der Waals surface area contributed by atoms with Crippen molar-refractivity contribution in [3.8, 4) is 11.3 Å². The Morgan fingerprint density at radius 2 is 1.75 bits per heavy atom. The zero-order valence-electron chi connectivity index (χ0n) is 25.0. The molecule has 40 heavy (non-hydrogen) atoms. The lowest BCUT2D eigenvalue weighted by Gasteiger charge is -2.20. The van der Waals surface area contributed by atoms with Gasteiger partial charge in [0.2, 0.25) is 0 Å². The van der Waals surface area contributed by atoms with E-state index in [9.17, 15) is 14.4 Å². The van der Waals surface area contributed by atoms with Crippen molar-refractivity contribution in [1.29, 1.82) is 0 Å². The Morgan fingerprint density at radius 1 is 1.07 bits per heavy atom. The number of nitrogens with one attached hydrogen (secondary N) is 1. The molecule has 216 valence electrons. The van der Waals surface area contributed by atoms with Crippen molar-refractivity contribution in [2.45, 2.75) is 93.2 Å². The number of hydrogen-bond donors (Lipinski definition) is 2. The fourth-order valence-corrected chi connectivity index (χ4v) is 4.40. The van der Waals surface area contributed by atoms with Gasteiger partial charge in [-0.2, -0.15) is 5.10 Å². The highest BCUT2D eigenvalue weighted by Gasteiger charge is 2.28. The molecule has 0 aliphatic rings. The van der Waals surface area contributed by atoms with E-state index in [2.05, 4.69) is 36.3 Å². The molecule has 0 aliphatic heterocycles. The molecule has 2 aromatic heterocycles. The summed E-state index contributed by atoms with van der Waals surface area (Å²) in [6, 6.07) is 7.18. The first-order valence-corrected chi connectivity index (χ1v) is 13.4. The zero-order valence-corrected chi connectivity index (χ0v) is 25.0. The summed E-state index contributed by atoms with van der Waals surface area (Å²) in [7, 11) is 0. The minimum atomic E-state index is -0.732. The number of aryl methyl sites for hydroxylation is 1. The van der Waals surface area contributed by atoms with Crippen LogP contribution in [0.25, 0.3) is 11.3 Å². The number of ketones is 1. The second-order valence-electron chi connectivity index (χ2n) is 12.7. The van der Waals surface area contributed by atoms with E-state index in [0.717, 1.165) is 23.2 Å². The van der Waals surface area contributed by atoms with E-state index >= 15 is 0 Å². The van der Waals surface area contributed by atoms with Crippen LogP contribution in [0.3, 0.4) is 0 Å². The van der Waals surface area contributed by atoms with Gasteiger partial charge < -0.3 is 15.0 Å². The van der Waals surface area contributed by atoms with E-state index in [1.54, 1.807) is 25.5 Å². The first-order valence-electron chi connectivity index (χ1n) is 13.4. The molecule has 3 rings (SSSR count). The third-order valence-corrected chi connectivity index (χ3v) is 5.90. The van der Waals surface area contributed by atoms with E-state index in [4.69, 9.17) is 15.0 Å². The summed E-state index contributed by atoms with van der Waals surface area (Å²) in [5, 5.41) is 11.4. The van der Waals surface area contributed by atoms with Gasteiger partial charge in [0, 0.05) is 24.1 Å². The molecule has 0 saturated heterocycles. The predicted molar refractivity (Wildman–Crippen MR) is 153 cm³/mol. The van der Waals surface area contributed by atoms with Gasteiger partial charge in [-0.15, -0.1) is 0 Å². The van der Waals surface area contributed by atoms with Gasteiger partial charge in [0.15, 0.2) is 0 Å². The fourth-order valence-electron chi connectivity index (χ4n) is 4.40. The smallest absolute Gasteiger partial charge is 0.413 e. The van der Waals surface area contributed by atoms with Crippen LogP contribution in [0.1, 0.15) is 94.4 Å². The molecule has 0 bridgehead atoms. The summed E-state index contributed by atoms with van der Waals surface area (Å²) in [5.74, 6) is -0.0166. The predicted octanol–water partition coefficient (Wildman–Crippen LogP) is 5.82. The van der Waals surface area contributed by atoms with Crippen molar-refractivity contribution in [3.05, 3.63) is 52.4 Å². The van der Waals surface area contributed by atoms with Gasteiger partial charge >= 0.3 is 6.09 Å². The molecule has 10 heteroatoms.